The molecule has 10 nitrogen and oxygen atoms in total. The lowest BCUT2D eigenvalue weighted by atomic mass is 10.1. The molecule has 0 spiro atoms. The highest BCUT2D eigenvalue weighted by Crippen LogP contribution is 2.36. The number of anilines is 2. The number of carbonyl (C=O) groups excluding carboxylic acids is 2. The summed E-state index contributed by atoms with van der Waals surface area (Å²) in [5, 5.41) is 10.6. The highest BCUT2D eigenvalue weighted by Gasteiger charge is 2.41. The van der Waals surface area contributed by atoms with Gasteiger partial charge in [-0.2, -0.15) is 0 Å². The van der Waals surface area contributed by atoms with Gasteiger partial charge >= 0.3 is 6.09 Å². The van der Waals surface area contributed by atoms with E-state index in [0.29, 0.717) is 19.1 Å². The van der Waals surface area contributed by atoms with Crippen LogP contribution in [-0.4, -0.2) is 91.1 Å². The minimum Gasteiger partial charge on any atom is -0.444 e. The molecule has 3 aliphatic heterocycles. The predicted molar refractivity (Wildman–Crippen MR) is 153 cm³/mol. The first-order valence-electron chi connectivity index (χ1n) is 14.1. The standard InChI is InChI=1S/C29H43N7O3/c1-29(2,3)39-28(38)35-16-14-34(15-17-35)22-12-10-21(11-13-22)31-27-30-19-20-18-24(26(37)33(4)5)36(25(20)32-27)23-8-6-7-9-23/h10-13,18-19,23,25,27,30-32H,6-9,14-17H2,1-5H3. The molecule has 1 aromatic carbocycles. The van der Waals surface area contributed by atoms with E-state index in [1.165, 1.54) is 12.8 Å². The monoisotopic (exact) mass is 537 g/mol. The third kappa shape index (κ3) is 6.11. The van der Waals surface area contributed by atoms with Crippen molar-refractivity contribution in [3.63, 3.8) is 0 Å². The Morgan fingerprint density at radius 2 is 1.69 bits per heavy atom. The fourth-order valence-corrected chi connectivity index (χ4v) is 5.78. The molecule has 0 aromatic heterocycles. The van der Waals surface area contributed by atoms with Gasteiger partial charge in [-0.1, -0.05) is 12.8 Å². The van der Waals surface area contributed by atoms with Crippen LogP contribution in [0.2, 0.25) is 0 Å². The number of carbonyl (C=O) groups is 2. The minimum absolute atomic E-state index is 0.0358. The molecule has 2 unspecified atom stereocenters. The Labute approximate surface area is 232 Å². The molecule has 2 fully saturated rings. The summed E-state index contributed by atoms with van der Waals surface area (Å²) in [5.41, 5.74) is 3.51. The average molecular weight is 538 g/mol. The Morgan fingerprint density at radius 1 is 1.03 bits per heavy atom. The third-order valence-electron chi connectivity index (χ3n) is 7.73. The number of nitrogens with one attached hydrogen (secondary N) is 3. The smallest absolute Gasteiger partial charge is 0.410 e. The topological polar surface area (TPSA) is 92.4 Å². The molecule has 212 valence electrons. The molecule has 39 heavy (non-hydrogen) atoms. The van der Waals surface area contributed by atoms with Gasteiger partial charge in [0, 0.05) is 69.5 Å². The summed E-state index contributed by atoms with van der Waals surface area (Å²) in [7, 11) is 3.62. The first kappa shape index (κ1) is 27.2. The molecule has 5 rings (SSSR count). The van der Waals surface area contributed by atoms with Gasteiger partial charge in [-0.3, -0.25) is 10.1 Å². The van der Waals surface area contributed by atoms with Gasteiger partial charge in [-0.25, -0.2) is 4.79 Å². The number of amides is 2. The summed E-state index contributed by atoms with van der Waals surface area (Å²) in [6.07, 6.45) is 8.24. The van der Waals surface area contributed by atoms with Crippen molar-refractivity contribution >= 4 is 23.4 Å². The van der Waals surface area contributed by atoms with Crippen molar-refractivity contribution in [1.29, 1.82) is 0 Å². The lowest BCUT2D eigenvalue weighted by Crippen LogP contribution is -2.60. The van der Waals surface area contributed by atoms with Crippen molar-refractivity contribution in [1.82, 2.24) is 25.3 Å². The second kappa shape index (κ2) is 11.0. The van der Waals surface area contributed by atoms with Gasteiger partial charge in [-0.05, 0) is 64.0 Å². The SMILES string of the molecule is CN(C)C(=O)C1=CC2=CNC(Nc3ccc(N4CCN(C(=O)OC(C)(C)C)CC4)cc3)NC2N1C1CCCC1. The van der Waals surface area contributed by atoms with Gasteiger partial charge in [0.2, 0.25) is 0 Å². The molecule has 3 heterocycles. The molecule has 3 N–H and O–H groups in total. The van der Waals surface area contributed by atoms with Crippen LogP contribution in [0, 0.1) is 0 Å². The van der Waals surface area contributed by atoms with Gasteiger partial charge in [0.05, 0.1) is 0 Å². The van der Waals surface area contributed by atoms with E-state index in [0.717, 1.165) is 48.6 Å². The van der Waals surface area contributed by atoms with Crippen molar-refractivity contribution in [2.45, 2.75) is 70.6 Å². The van der Waals surface area contributed by atoms with E-state index in [1.807, 2.05) is 47.1 Å². The van der Waals surface area contributed by atoms with E-state index in [9.17, 15) is 9.59 Å². The average Bonchev–Trinajstić information content (AvgIpc) is 3.55. The summed E-state index contributed by atoms with van der Waals surface area (Å²) in [6.45, 7) is 8.50. The molecule has 0 bridgehead atoms. The maximum atomic E-state index is 13.0. The maximum absolute atomic E-state index is 13.0. The van der Waals surface area contributed by atoms with Gasteiger partial charge in [0.15, 0.2) is 6.29 Å². The van der Waals surface area contributed by atoms with Crippen molar-refractivity contribution in [2.75, 3.05) is 50.5 Å². The molecule has 10 heteroatoms. The van der Waals surface area contributed by atoms with Crippen LogP contribution in [-0.2, 0) is 9.53 Å². The first-order valence-corrected chi connectivity index (χ1v) is 14.1. The fourth-order valence-electron chi connectivity index (χ4n) is 5.78. The maximum Gasteiger partial charge on any atom is 0.410 e. The lowest BCUT2D eigenvalue weighted by Gasteiger charge is -2.40. The summed E-state index contributed by atoms with van der Waals surface area (Å²) >= 11 is 0. The lowest BCUT2D eigenvalue weighted by molar-refractivity contribution is -0.126. The van der Waals surface area contributed by atoms with E-state index < -0.39 is 5.60 Å². The van der Waals surface area contributed by atoms with E-state index in [-0.39, 0.29) is 24.5 Å². The van der Waals surface area contributed by atoms with Crippen molar-refractivity contribution in [3.8, 4) is 0 Å². The van der Waals surface area contributed by atoms with Gasteiger partial charge < -0.3 is 35.0 Å². The fraction of sp³-hybridized carbons (Fsp3) is 0.586. The normalized spacial score (nSPS) is 23.6. The number of nitrogens with zero attached hydrogens (tertiary/aromatic N) is 4. The van der Waals surface area contributed by atoms with Crippen molar-refractivity contribution in [2.24, 2.45) is 0 Å². The Bertz CT molecular complexity index is 1110. The predicted octanol–water partition coefficient (Wildman–Crippen LogP) is 3.07. The summed E-state index contributed by atoms with van der Waals surface area (Å²) < 4.78 is 5.51. The number of piperazine rings is 1. The van der Waals surface area contributed by atoms with Crippen LogP contribution in [0.15, 0.2) is 47.8 Å². The largest absolute Gasteiger partial charge is 0.444 e. The number of hydrogen-bond donors (Lipinski definition) is 3. The molecule has 2 atom stereocenters. The zero-order valence-electron chi connectivity index (χ0n) is 23.9. The van der Waals surface area contributed by atoms with Crippen LogP contribution in [0.3, 0.4) is 0 Å². The van der Waals surface area contributed by atoms with Crippen molar-refractivity contribution in [3.05, 3.63) is 47.8 Å². The molecule has 4 aliphatic rings. The zero-order valence-corrected chi connectivity index (χ0v) is 23.9. The Kier molecular flexibility index (Phi) is 7.66. The second-order valence-electron chi connectivity index (χ2n) is 12.0. The van der Waals surface area contributed by atoms with E-state index in [4.69, 9.17) is 4.74 Å². The van der Waals surface area contributed by atoms with E-state index >= 15 is 0 Å². The van der Waals surface area contributed by atoms with Crippen LogP contribution in [0.4, 0.5) is 16.2 Å². The second-order valence-corrected chi connectivity index (χ2v) is 12.0. The number of rotatable bonds is 5. The quantitative estimate of drug-likeness (QED) is 0.528. The highest BCUT2D eigenvalue weighted by molar-refractivity contribution is 5.94. The number of hydrogen-bond acceptors (Lipinski definition) is 8. The molecule has 1 saturated carbocycles. The van der Waals surface area contributed by atoms with Crippen LogP contribution >= 0.6 is 0 Å². The van der Waals surface area contributed by atoms with Crippen LogP contribution < -0.4 is 20.9 Å². The highest BCUT2D eigenvalue weighted by atomic mass is 16.6. The summed E-state index contributed by atoms with van der Waals surface area (Å²) in [5.74, 6) is 0.0472. The zero-order chi connectivity index (χ0) is 27.7. The summed E-state index contributed by atoms with van der Waals surface area (Å²) in [6, 6.07) is 8.77. The van der Waals surface area contributed by atoms with Crippen LogP contribution in [0.25, 0.3) is 0 Å². The Hall–Kier alpha value is -3.40. The Balaban J connectivity index is 1.18. The van der Waals surface area contributed by atoms with Gasteiger partial charge in [0.25, 0.3) is 5.91 Å². The number of fused-ring (bicyclic) bond motifs is 1. The third-order valence-corrected chi connectivity index (χ3v) is 7.73. The van der Waals surface area contributed by atoms with Gasteiger partial charge in [-0.15, -0.1) is 0 Å². The van der Waals surface area contributed by atoms with Crippen molar-refractivity contribution < 1.29 is 14.3 Å². The molecule has 1 aromatic rings. The summed E-state index contributed by atoms with van der Waals surface area (Å²) in [4.78, 5) is 33.4. The number of ether oxygens (including phenoxy) is 1. The van der Waals surface area contributed by atoms with E-state index in [2.05, 4.69) is 50.0 Å². The van der Waals surface area contributed by atoms with Gasteiger partial charge in [0.1, 0.15) is 17.5 Å². The molecule has 0 radical (unpaired) electrons. The van der Waals surface area contributed by atoms with Crippen LogP contribution in [0.1, 0.15) is 46.5 Å². The molecule has 1 aliphatic carbocycles. The van der Waals surface area contributed by atoms with Crippen LogP contribution in [0.5, 0.6) is 0 Å². The minimum atomic E-state index is -0.481. The number of likely N-dealkylation sites (N-methyl/N-ethyl adjacent to an activating group) is 1. The molecular weight excluding hydrogens is 494 g/mol. The number of benzene rings is 1. The Morgan fingerprint density at radius 3 is 2.31 bits per heavy atom. The molecule has 1 saturated heterocycles. The first-order chi connectivity index (χ1) is 18.6. The van der Waals surface area contributed by atoms with E-state index in [1.54, 1.807) is 9.80 Å². The molecular formula is C29H43N7O3. The molecule has 2 amide bonds.